The van der Waals surface area contributed by atoms with Crippen LogP contribution in [0, 0.1) is 52.4 Å². The standard InChI is InChI=1S/C54H69N4P/c1-7-8-9-10-11-19-26-55-37-46-30-39(3)29-42(6)53(46)57-49-23-16-18-25-51(49)59(47-20-13-12-14-21-47,58-54-34-43-31-44(35-54)33-45(32-43)36-54)50-24-17-15-22-48(50)56-52-40(4)27-38(2)28-41(52)5/h12-18,20-25,27-30,43-45,55-57H,7-11,19,26,31-37H2,1-6H3. The third-order valence-electron chi connectivity index (χ3n) is 13.8. The van der Waals surface area contributed by atoms with E-state index in [4.69, 9.17) is 4.74 Å². The van der Waals surface area contributed by atoms with E-state index in [1.54, 1.807) is 0 Å². The van der Waals surface area contributed by atoms with Gasteiger partial charge >= 0.3 is 0 Å². The minimum absolute atomic E-state index is 0.0281. The van der Waals surface area contributed by atoms with Gasteiger partial charge in [0, 0.05) is 45.2 Å². The highest BCUT2D eigenvalue weighted by molar-refractivity contribution is 7.88. The molecule has 4 bridgehead atoms. The van der Waals surface area contributed by atoms with Gasteiger partial charge in [0.1, 0.15) is 0 Å². The average molecular weight is 805 g/mol. The largest absolute Gasteiger partial charge is 0.355 e. The molecule has 1 atom stereocenters. The van der Waals surface area contributed by atoms with Gasteiger partial charge in [-0.2, -0.15) is 0 Å². The van der Waals surface area contributed by atoms with Crippen molar-refractivity contribution in [2.75, 3.05) is 17.2 Å². The van der Waals surface area contributed by atoms with Crippen molar-refractivity contribution in [2.24, 2.45) is 22.5 Å². The summed E-state index contributed by atoms with van der Waals surface area (Å²) < 4.78 is 6.65. The molecule has 4 aliphatic carbocycles. The van der Waals surface area contributed by atoms with Gasteiger partial charge in [-0.3, -0.25) is 4.74 Å². The fourth-order valence-corrected chi connectivity index (χ4v) is 15.9. The molecule has 310 valence electrons. The summed E-state index contributed by atoms with van der Waals surface area (Å²) in [5.41, 5.74) is 12.5. The van der Waals surface area contributed by atoms with Gasteiger partial charge in [0.2, 0.25) is 0 Å². The molecule has 0 saturated heterocycles. The highest BCUT2D eigenvalue weighted by Crippen LogP contribution is 2.62. The molecule has 0 spiro atoms. The van der Waals surface area contributed by atoms with Gasteiger partial charge in [0.15, 0.2) is 0 Å². The van der Waals surface area contributed by atoms with Gasteiger partial charge in [0.25, 0.3) is 0 Å². The molecule has 9 rings (SSSR count). The molecular formula is C54H69N4P. The maximum absolute atomic E-state index is 6.65. The van der Waals surface area contributed by atoms with Crippen molar-refractivity contribution < 1.29 is 0 Å². The van der Waals surface area contributed by atoms with E-state index >= 15 is 0 Å². The lowest BCUT2D eigenvalue weighted by atomic mass is 9.53. The number of para-hydroxylation sites is 2. The van der Waals surface area contributed by atoms with E-state index in [0.29, 0.717) is 0 Å². The van der Waals surface area contributed by atoms with E-state index < -0.39 is 7.05 Å². The predicted octanol–water partition coefficient (Wildman–Crippen LogP) is 13.6. The summed E-state index contributed by atoms with van der Waals surface area (Å²) in [6, 6.07) is 39.2. The maximum Gasteiger partial charge on any atom is 0.0612 e. The Morgan fingerprint density at radius 2 is 1.07 bits per heavy atom. The second-order valence-electron chi connectivity index (χ2n) is 18.8. The van der Waals surface area contributed by atoms with Crippen LogP contribution < -0.4 is 31.9 Å². The first-order valence-electron chi connectivity index (χ1n) is 23.0. The molecule has 4 nitrogen and oxygen atoms in total. The number of unbranched alkanes of at least 4 members (excludes halogenated alkanes) is 5. The van der Waals surface area contributed by atoms with Crippen LogP contribution >= 0.6 is 7.05 Å². The Labute approximate surface area is 356 Å². The van der Waals surface area contributed by atoms with Crippen molar-refractivity contribution in [3.8, 4) is 0 Å². The van der Waals surface area contributed by atoms with Gasteiger partial charge in [0.05, 0.1) is 12.6 Å². The van der Waals surface area contributed by atoms with Crippen molar-refractivity contribution >= 4 is 45.7 Å². The Bertz CT molecular complexity index is 2230. The van der Waals surface area contributed by atoms with E-state index in [0.717, 1.165) is 36.5 Å². The molecule has 0 heterocycles. The molecule has 5 aromatic rings. The van der Waals surface area contributed by atoms with Gasteiger partial charge in [-0.15, -0.1) is 0 Å². The van der Waals surface area contributed by atoms with E-state index in [2.05, 4.69) is 161 Å². The molecule has 5 heteroatoms. The van der Waals surface area contributed by atoms with Gasteiger partial charge in [-0.25, -0.2) is 0 Å². The zero-order valence-electron chi connectivity index (χ0n) is 36.8. The molecule has 0 aromatic heterocycles. The Kier molecular flexibility index (Phi) is 12.9. The molecule has 0 radical (unpaired) electrons. The number of nitrogens with zero attached hydrogens (tertiary/aromatic N) is 1. The molecular weight excluding hydrogens is 736 g/mol. The number of nitrogens with one attached hydrogen (secondary N) is 3. The van der Waals surface area contributed by atoms with Crippen molar-refractivity contribution in [2.45, 2.75) is 131 Å². The molecule has 0 aliphatic heterocycles. The van der Waals surface area contributed by atoms with E-state index in [1.165, 1.54) is 143 Å². The number of hydrogen-bond donors (Lipinski definition) is 3. The first kappa shape index (κ1) is 41.6. The quantitative estimate of drug-likeness (QED) is 0.0648. The fourth-order valence-electron chi connectivity index (χ4n) is 11.7. The minimum atomic E-state index is -2.69. The SMILES string of the molecule is CCCCCCCCNCc1cc(C)cc(C)c1Nc1ccccc1P(=NC12CC3CC(CC(C3)C1)C2)(c1ccccc1)c1ccccc1Nc1c(C)cc(C)cc1C. The molecule has 4 fully saturated rings. The Balaban J connectivity index is 1.29. The minimum Gasteiger partial charge on any atom is -0.355 e. The monoisotopic (exact) mass is 805 g/mol. The van der Waals surface area contributed by atoms with Gasteiger partial charge < -0.3 is 16.0 Å². The molecule has 59 heavy (non-hydrogen) atoms. The van der Waals surface area contributed by atoms with Crippen LogP contribution in [0.15, 0.2) is 108 Å². The summed E-state index contributed by atoms with van der Waals surface area (Å²) in [5.74, 6) is 2.39. The molecule has 4 saturated carbocycles. The Morgan fingerprint density at radius 3 is 1.66 bits per heavy atom. The van der Waals surface area contributed by atoms with Gasteiger partial charge in [-0.05, 0) is 138 Å². The second kappa shape index (κ2) is 18.2. The summed E-state index contributed by atoms with van der Waals surface area (Å²) in [6.07, 6.45) is 15.7. The second-order valence-corrected chi connectivity index (χ2v) is 21.8. The average Bonchev–Trinajstić information content (AvgIpc) is 3.21. The molecule has 1 unspecified atom stereocenters. The van der Waals surface area contributed by atoms with Crippen LogP contribution in [-0.4, -0.2) is 12.1 Å². The van der Waals surface area contributed by atoms with Crippen molar-refractivity contribution in [1.82, 2.24) is 5.32 Å². The number of aryl methyl sites for hydroxylation is 5. The summed E-state index contributed by atoms with van der Waals surface area (Å²) in [6.45, 7) is 15.4. The Hall–Kier alpha value is -4.11. The van der Waals surface area contributed by atoms with Crippen molar-refractivity contribution in [1.29, 1.82) is 0 Å². The van der Waals surface area contributed by atoms with Crippen molar-refractivity contribution in [3.05, 3.63) is 137 Å². The van der Waals surface area contributed by atoms with Crippen LogP contribution in [0.1, 0.15) is 117 Å². The van der Waals surface area contributed by atoms with Crippen LogP contribution in [0.3, 0.4) is 0 Å². The predicted molar refractivity (Wildman–Crippen MR) is 257 cm³/mol. The van der Waals surface area contributed by atoms with Gasteiger partial charge in [-0.1, -0.05) is 141 Å². The number of hydrogen-bond acceptors (Lipinski definition) is 4. The molecule has 5 aromatic carbocycles. The highest BCUT2D eigenvalue weighted by Gasteiger charge is 2.52. The third-order valence-corrected chi connectivity index (χ3v) is 17.7. The summed E-state index contributed by atoms with van der Waals surface area (Å²) in [7, 11) is -2.69. The maximum atomic E-state index is 6.65. The number of anilines is 4. The third kappa shape index (κ3) is 9.01. The summed E-state index contributed by atoms with van der Waals surface area (Å²) >= 11 is 0. The van der Waals surface area contributed by atoms with Crippen LogP contribution in [0.5, 0.6) is 0 Å². The fraction of sp³-hybridized carbons (Fsp3) is 0.444. The highest BCUT2D eigenvalue weighted by atomic mass is 31.2. The summed E-state index contributed by atoms with van der Waals surface area (Å²) in [5, 5.41) is 16.0. The zero-order chi connectivity index (χ0) is 41.0. The smallest absolute Gasteiger partial charge is 0.0612 e. The number of rotatable bonds is 17. The lowest BCUT2D eigenvalue weighted by Crippen LogP contribution is -2.50. The molecule has 4 aliphatic rings. The van der Waals surface area contributed by atoms with Crippen LogP contribution in [0.4, 0.5) is 22.7 Å². The first-order valence-corrected chi connectivity index (χ1v) is 24.7. The summed E-state index contributed by atoms with van der Waals surface area (Å²) in [4.78, 5) is 0. The molecule has 3 N–H and O–H groups in total. The van der Waals surface area contributed by atoms with E-state index in [-0.39, 0.29) is 5.54 Å². The van der Waals surface area contributed by atoms with Crippen LogP contribution in [0.25, 0.3) is 0 Å². The first-order chi connectivity index (χ1) is 28.7. The normalized spacial score (nSPS) is 21.6. The topological polar surface area (TPSA) is 48.5 Å². The Morgan fingerprint density at radius 1 is 0.576 bits per heavy atom. The lowest BCUT2D eigenvalue weighted by molar-refractivity contribution is 0.00259. The van der Waals surface area contributed by atoms with Crippen LogP contribution in [0.2, 0.25) is 0 Å². The lowest BCUT2D eigenvalue weighted by Gasteiger charge is -2.56. The van der Waals surface area contributed by atoms with Crippen molar-refractivity contribution in [3.63, 3.8) is 0 Å². The number of benzene rings is 5. The molecule has 0 amide bonds. The zero-order valence-corrected chi connectivity index (χ0v) is 37.7. The van der Waals surface area contributed by atoms with E-state index in [9.17, 15) is 0 Å². The van der Waals surface area contributed by atoms with E-state index in [1.807, 2.05) is 0 Å². The van der Waals surface area contributed by atoms with Crippen LogP contribution in [-0.2, 0) is 6.54 Å².